The van der Waals surface area contributed by atoms with Gasteiger partial charge < -0.3 is 14.0 Å². The van der Waals surface area contributed by atoms with E-state index in [-0.39, 0.29) is 11.1 Å². The lowest BCUT2D eigenvalue weighted by Crippen LogP contribution is -2.45. The average molecular weight is 325 g/mol. The molecule has 2 rings (SSSR count). The summed E-state index contributed by atoms with van der Waals surface area (Å²) in [6.45, 7) is 10.7. The first-order valence-electron chi connectivity index (χ1n) is 7.92. The molecule has 0 radical (unpaired) electrons. The molecule has 0 atom stereocenters. The zero-order chi connectivity index (χ0) is 16.9. The number of hydrogen-bond acceptors (Lipinski definition) is 7. The molecular weight excluding hydrogens is 298 g/mol. The smallest absolute Gasteiger partial charge is 0.360 e. The lowest BCUT2D eigenvalue weighted by molar-refractivity contribution is 0.0157. The monoisotopic (exact) mass is 325 g/mol. The van der Waals surface area contributed by atoms with Gasteiger partial charge in [-0.2, -0.15) is 0 Å². The van der Waals surface area contributed by atoms with Crippen molar-refractivity contribution in [3.05, 3.63) is 17.5 Å². The van der Waals surface area contributed by atoms with Crippen LogP contribution in [-0.2, 0) is 16.0 Å². The predicted molar refractivity (Wildman–Crippen MR) is 85.2 cm³/mol. The zero-order valence-corrected chi connectivity index (χ0v) is 14.5. The van der Waals surface area contributed by atoms with Gasteiger partial charge in [0.2, 0.25) is 0 Å². The van der Waals surface area contributed by atoms with Crippen LogP contribution in [0.1, 0.15) is 30.1 Å². The van der Waals surface area contributed by atoms with Crippen molar-refractivity contribution in [2.24, 2.45) is 5.41 Å². The van der Waals surface area contributed by atoms with E-state index in [4.69, 9.17) is 9.26 Å². The molecule has 1 aromatic heterocycles. The Hall–Kier alpha value is -1.44. The van der Waals surface area contributed by atoms with Crippen molar-refractivity contribution in [1.82, 2.24) is 15.0 Å². The molecule has 23 heavy (non-hydrogen) atoms. The molecule has 1 fully saturated rings. The Kier molecular flexibility index (Phi) is 6.15. The summed E-state index contributed by atoms with van der Waals surface area (Å²) < 4.78 is 15.2. The zero-order valence-electron chi connectivity index (χ0n) is 14.5. The maximum Gasteiger partial charge on any atom is 0.360 e. The van der Waals surface area contributed by atoms with E-state index in [9.17, 15) is 4.79 Å². The first kappa shape index (κ1) is 17.9. The summed E-state index contributed by atoms with van der Waals surface area (Å²) in [5.74, 6) is 0.186. The molecule has 0 N–H and O–H groups in total. The molecule has 2 heterocycles. The van der Waals surface area contributed by atoms with Crippen molar-refractivity contribution in [2.75, 3.05) is 53.6 Å². The fourth-order valence-corrected chi connectivity index (χ4v) is 3.06. The summed E-state index contributed by atoms with van der Waals surface area (Å²) in [5.41, 5.74) is 0.362. The molecule has 0 aliphatic carbocycles. The van der Waals surface area contributed by atoms with Crippen LogP contribution >= 0.6 is 0 Å². The SMILES string of the molecule is COC(=O)c1cc(CN(C)CC(C)(C)CN2CCOCC2)on1. The van der Waals surface area contributed by atoms with E-state index >= 15 is 0 Å². The third kappa shape index (κ3) is 5.60. The Labute approximate surface area is 137 Å². The second kappa shape index (κ2) is 7.90. The molecule has 0 saturated carbocycles. The Bertz CT molecular complexity index is 509. The minimum Gasteiger partial charge on any atom is -0.464 e. The third-order valence-electron chi connectivity index (χ3n) is 3.83. The lowest BCUT2D eigenvalue weighted by atomic mass is 9.91. The summed E-state index contributed by atoms with van der Waals surface area (Å²) in [6, 6.07) is 1.64. The largest absolute Gasteiger partial charge is 0.464 e. The molecule has 1 aromatic rings. The van der Waals surface area contributed by atoms with E-state index in [0.29, 0.717) is 12.3 Å². The quantitative estimate of drug-likeness (QED) is 0.699. The highest BCUT2D eigenvalue weighted by Crippen LogP contribution is 2.20. The summed E-state index contributed by atoms with van der Waals surface area (Å²) >= 11 is 0. The van der Waals surface area contributed by atoms with E-state index in [1.165, 1.54) is 7.11 Å². The van der Waals surface area contributed by atoms with E-state index in [1.54, 1.807) is 6.07 Å². The molecule has 130 valence electrons. The summed E-state index contributed by atoms with van der Waals surface area (Å²) in [4.78, 5) is 16.0. The van der Waals surface area contributed by atoms with Gasteiger partial charge in [-0.25, -0.2) is 4.79 Å². The number of ether oxygens (including phenoxy) is 2. The van der Waals surface area contributed by atoms with Gasteiger partial charge in [-0.3, -0.25) is 9.80 Å². The molecule has 1 aliphatic rings. The van der Waals surface area contributed by atoms with Crippen LogP contribution in [0.3, 0.4) is 0 Å². The minimum atomic E-state index is -0.477. The average Bonchev–Trinajstić information content (AvgIpc) is 2.94. The van der Waals surface area contributed by atoms with Crippen LogP contribution < -0.4 is 0 Å². The van der Waals surface area contributed by atoms with Crippen molar-refractivity contribution in [3.63, 3.8) is 0 Å². The van der Waals surface area contributed by atoms with E-state index in [2.05, 4.69) is 33.5 Å². The number of carbonyl (C=O) groups is 1. The predicted octanol–water partition coefficient (Wildman–Crippen LogP) is 1.25. The number of nitrogens with zero attached hydrogens (tertiary/aromatic N) is 3. The molecule has 0 unspecified atom stereocenters. The molecular formula is C16H27N3O4. The summed E-state index contributed by atoms with van der Waals surface area (Å²) in [5, 5.41) is 3.73. The Morgan fingerprint density at radius 3 is 2.78 bits per heavy atom. The van der Waals surface area contributed by atoms with Crippen LogP contribution in [0.5, 0.6) is 0 Å². The molecule has 1 aliphatic heterocycles. The van der Waals surface area contributed by atoms with Crippen LogP contribution in [0.25, 0.3) is 0 Å². The second-order valence-electron chi connectivity index (χ2n) is 6.90. The number of rotatable bonds is 7. The van der Waals surface area contributed by atoms with Gasteiger partial charge in [0.15, 0.2) is 11.5 Å². The van der Waals surface area contributed by atoms with Crippen molar-refractivity contribution < 1.29 is 18.8 Å². The minimum absolute atomic E-state index is 0.150. The van der Waals surface area contributed by atoms with Gasteiger partial charge in [0.25, 0.3) is 0 Å². The maximum absolute atomic E-state index is 11.4. The molecule has 7 nitrogen and oxygen atoms in total. The van der Waals surface area contributed by atoms with Gasteiger partial charge in [0.1, 0.15) is 0 Å². The topological polar surface area (TPSA) is 68.0 Å². The van der Waals surface area contributed by atoms with Crippen molar-refractivity contribution >= 4 is 5.97 Å². The molecule has 0 amide bonds. The number of carbonyl (C=O) groups excluding carboxylic acids is 1. The summed E-state index contributed by atoms with van der Waals surface area (Å²) in [7, 11) is 3.37. The number of hydrogen-bond donors (Lipinski definition) is 0. The van der Waals surface area contributed by atoms with Crippen LogP contribution in [0.15, 0.2) is 10.6 Å². The number of methoxy groups -OCH3 is 1. The fraction of sp³-hybridized carbons (Fsp3) is 0.750. The normalized spacial score (nSPS) is 16.7. The van der Waals surface area contributed by atoms with Gasteiger partial charge in [-0.15, -0.1) is 0 Å². The van der Waals surface area contributed by atoms with Crippen molar-refractivity contribution in [1.29, 1.82) is 0 Å². The standard InChI is InChI=1S/C16H27N3O4/c1-16(2,12-19-5-7-22-8-6-19)11-18(3)10-13-9-14(17-23-13)15(20)21-4/h9H,5-8,10-12H2,1-4H3. The van der Waals surface area contributed by atoms with Crippen LogP contribution in [0.4, 0.5) is 0 Å². The Morgan fingerprint density at radius 1 is 1.43 bits per heavy atom. The number of esters is 1. The van der Waals surface area contributed by atoms with Gasteiger partial charge in [-0.05, 0) is 12.5 Å². The third-order valence-corrected chi connectivity index (χ3v) is 3.83. The van der Waals surface area contributed by atoms with Gasteiger partial charge in [0.05, 0.1) is 26.9 Å². The van der Waals surface area contributed by atoms with Crippen LogP contribution in [-0.4, -0.2) is 74.5 Å². The Balaban J connectivity index is 1.83. The number of morpholine rings is 1. The molecule has 7 heteroatoms. The van der Waals surface area contributed by atoms with Crippen molar-refractivity contribution in [2.45, 2.75) is 20.4 Å². The van der Waals surface area contributed by atoms with E-state index in [1.807, 2.05) is 7.05 Å². The molecule has 0 spiro atoms. The summed E-state index contributed by atoms with van der Waals surface area (Å²) in [6.07, 6.45) is 0. The van der Waals surface area contributed by atoms with E-state index in [0.717, 1.165) is 39.4 Å². The lowest BCUT2D eigenvalue weighted by Gasteiger charge is -2.36. The Morgan fingerprint density at radius 2 is 2.13 bits per heavy atom. The first-order chi connectivity index (χ1) is 10.9. The first-order valence-corrected chi connectivity index (χ1v) is 7.92. The number of aromatic nitrogens is 1. The molecule has 0 bridgehead atoms. The highest BCUT2D eigenvalue weighted by molar-refractivity contribution is 5.86. The van der Waals surface area contributed by atoms with Crippen LogP contribution in [0.2, 0.25) is 0 Å². The van der Waals surface area contributed by atoms with Gasteiger partial charge >= 0.3 is 5.97 Å². The fourth-order valence-electron chi connectivity index (χ4n) is 3.06. The highest BCUT2D eigenvalue weighted by atomic mass is 16.5. The maximum atomic E-state index is 11.4. The highest BCUT2D eigenvalue weighted by Gasteiger charge is 2.25. The molecule has 1 saturated heterocycles. The van der Waals surface area contributed by atoms with Gasteiger partial charge in [-0.1, -0.05) is 19.0 Å². The van der Waals surface area contributed by atoms with E-state index < -0.39 is 5.97 Å². The van der Waals surface area contributed by atoms with Gasteiger partial charge in [0, 0.05) is 32.2 Å². The molecule has 0 aromatic carbocycles. The second-order valence-corrected chi connectivity index (χ2v) is 6.90. The van der Waals surface area contributed by atoms with Crippen LogP contribution in [0, 0.1) is 5.41 Å². The van der Waals surface area contributed by atoms with Crippen molar-refractivity contribution in [3.8, 4) is 0 Å².